The molecule has 2 aromatic carbocycles. The predicted molar refractivity (Wildman–Crippen MR) is 451 cm³/mol. The predicted octanol–water partition coefficient (Wildman–Crippen LogP) is 4.30. The summed E-state index contributed by atoms with van der Waals surface area (Å²) in [5, 5.41) is 41.2. The number of aromatic nitrogens is 2. The largest absolute Gasteiger partial charge is 0.490 e. The molecular weight excluding hydrogens is 1720 g/mol. The lowest BCUT2D eigenvalue weighted by Gasteiger charge is -2.38. The van der Waals surface area contributed by atoms with Gasteiger partial charge in [0.2, 0.25) is 47.3 Å². The number of carboxylic acids is 3. The van der Waals surface area contributed by atoms with Crippen LogP contribution in [0.5, 0.6) is 0 Å². The van der Waals surface area contributed by atoms with E-state index >= 15 is 0 Å². The van der Waals surface area contributed by atoms with Crippen molar-refractivity contribution >= 4 is 128 Å². The molecule has 14 N–H and O–H groups in total. The number of ether oxygens (including phenoxy) is 1. The van der Waals surface area contributed by atoms with Crippen molar-refractivity contribution in [2.75, 3.05) is 76.7 Å². The molecular formula is C79H106N13O27P3S2. The van der Waals surface area contributed by atoms with Crippen LogP contribution in [0.15, 0.2) is 75.7 Å². The van der Waals surface area contributed by atoms with Gasteiger partial charge in [0.1, 0.15) is 48.3 Å². The average Bonchev–Trinajstić information content (AvgIpc) is 1.54. The SMILES string of the molecule is CC/N=C1\C=C2Cc3cc(CC)c(C)cc3C(c3ccccc3C(=O)N(C)CCCC(=O)N3CCCC3C(=O)NCCCCC(NC(=O)C3CCCN3C(=O)CCSSCCC(=O)NCC#Cc3cn([C@H]4CC[C@@H](COP(=O)(O)OP(=O)(O)OP(=O)(O)O)O4)c(=O)nc3N)C(=O)N3CCCC3C(=O)NC(CC(=O)O)C(=O)NC(CC(=O)O)C(=O)O)C2C=C1C. The van der Waals surface area contributed by atoms with Crippen LogP contribution in [0.1, 0.15) is 186 Å². The number of phosphoric ester groups is 1. The summed E-state index contributed by atoms with van der Waals surface area (Å²) in [6.07, 6.45) is 6.05. The number of carboxylic acid groups (broad SMARTS) is 3. The van der Waals surface area contributed by atoms with Crippen LogP contribution in [-0.2, 0) is 97.2 Å². The molecule has 124 heavy (non-hydrogen) atoms. The van der Waals surface area contributed by atoms with Gasteiger partial charge in [0, 0.05) is 101 Å². The Labute approximate surface area is 722 Å². The standard InChI is InChI=1S/C79H106N13O27P3S2/c1-6-48-39-50-40-51-41-58(81-7-2)47(4)38-56(51)70(55(50)37-46(48)3)53-18-8-9-19-54(53)76(104)88(5)31-16-24-65(94)89-32-13-21-61(89)73(101)83-29-11-10-20-57(77(105)91-34-15-23-63(91)75(103)85-59(42-68(96)97)72(100)86-60(78(106)107)43-69(98)99)84-74(102)62-22-14-33-90(62)66(95)28-36-124-123-35-27-64(93)82-30-12-17-49-44-92(79(108)87-71(49)80)67-26-25-52(117-67)45-116-121(112,113)119-122(114,115)118-120(109,110)111/h8-9,18-19,37-39,41,44,52,56-57,59-63,67,70H,6-7,10-11,13-16,20-36,40,42-43,45H2,1-5H3,(H,82,93)(H,83,101)(H,84,102)(H,85,103)(H,86,100)(H,96,97)(H,98,99)(H,106,107)(H,112,113)(H,114,115)(H2,80,87,108)(H2,109,110,111)/b81-58+/t52-,56?,57?,59?,60?,61?,62?,63?,67+,70?/m0/s1. The second-order valence-corrected chi connectivity index (χ2v) is 37.8. The van der Waals surface area contributed by atoms with Crippen molar-refractivity contribution in [2.45, 2.75) is 204 Å². The van der Waals surface area contributed by atoms with Gasteiger partial charge in [-0.1, -0.05) is 82.3 Å². The number of carbonyl (C=O) groups is 12. The number of phosphoric acid groups is 3. The third-order valence-electron chi connectivity index (χ3n) is 21.9. The summed E-state index contributed by atoms with van der Waals surface area (Å²) in [4.78, 5) is 225. The highest BCUT2D eigenvalue weighted by atomic mass is 33.1. The number of nitrogen functional groups attached to an aromatic ring is 1. The molecule has 4 fully saturated rings. The highest BCUT2D eigenvalue weighted by Crippen LogP contribution is 2.66. The smallest absolute Gasteiger partial charge is 0.481 e. The first-order valence-corrected chi connectivity index (χ1v) is 47.7. The van der Waals surface area contributed by atoms with Crippen LogP contribution in [0.25, 0.3) is 0 Å². The number of nitrogens with zero attached hydrogens (tertiary/aromatic N) is 7. The molecule has 0 spiro atoms. The van der Waals surface area contributed by atoms with Gasteiger partial charge in [-0.05, 0) is 156 Å². The lowest BCUT2D eigenvalue weighted by molar-refractivity contribution is -0.148. The number of fused-ring (bicyclic) bond motifs is 2. The van der Waals surface area contributed by atoms with Crippen molar-refractivity contribution in [3.63, 3.8) is 0 Å². The second kappa shape index (κ2) is 45.1. The van der Waals surface area contributed by atoms with Gasteiger partial charge in [-0.15, -0.1) is 0 Å². The molecule has 9 amide bonds. The van der Waals surface area contributed by atoms with E-state index in [1.165, 1.54) is 60.5 Å². The molecule has 0 bridgehead atoms. The van der Waals surface area contributed by atoms with Crippen LogP contribution >= 0.6 is 45.1 Å². The third-order valence-corrected chi connectivity index (χ3v) is 28.1. The van der Waals surface area contributed by atoms with Crippen LogP contribution < -0.4 is 38.0 Å². The Hall–Kier alpha value is -9.46. The second-order valence-electron chi connectivity index (χ2n) is 30.7. The summed E-state index contributed by atoms with van der Waals surface area (Å²) in [5.41, 5.74) is 14.8. The van der Waals surface area contributed by atoms with Gasteiger partial charge in [-0.25, -0.2) is 23.3 Å². The number of hydrogen-bond donors (Lipinski definition) is 13. The van der Waals surface area contributed by atoms with Gasteiger partial charge in [0.05, 0.1) is 43.4 Å². The summed E-state index contributed by atoms with van der Waals surface area (Å²) < 4.78 is 53.6. The first-order valence-electron chi connectivity index (χ1n) is 40.7. The molecule has 6 aliphatic rings. The normalized spacial score (nSPS) is 21.2. The number of benzene rings is 2. The van der Waals surface area contributed by atoms with Crippen molar-refractivity contribution in [1.82, 2.24) is 55.7 Å². The van der Waals surface area contributed by atoms with Gasteiger partial charge >= 0.3 is 47.1 Å². The number of nitrogens with one attached hydrogen (secondary N) is 5. The van der Waals surface area contributed by atoms with Crippen LogP contribution in [0.3, 0.4) is 0 Å². The number of aliphatic carboxylic acids is 3. The Bertz CT molecular complexity index is 4920. The van der Waals surface area contributed by atoms with Crippen LogP contribution in [0.4, 0.5) is 5.82 Å². The number of allylic oxidation sites excluding steroid dienone is 4. The lowest BCUT2D eigenvalue weighted by atomic mass is 9.65. The zero-order valence-electron chi connectivity index (χ0n) is 69.1. The van der Waals surface area contributed by atoms with E-state index in [-0.39, 0.29) is 150 Å². The Balaban J connectivity index is 0.762. The molecule has 40 nitrogen and oxygen atoms in total. The number of likely N-dealkylation sites (tertiary alicyclic amines) is 3. The molecule has 9 rings (SSSR count). The van der Waals surface area contributed by atoms with Gasteiger partial charge in [0.15, 0.2) is 0 Å². The molecule has 4 aliphatic heterocycles. The molecule has 45 heteroatoms. The number of nitrogens with two attached hydrogens (primary N) is 1. The summed E-state index contributed by atoms with van der Waals surface area (Å²) >= 11 is 0. The third kappa shape index (κ3) is 27.5. The number of hydrogen-bond acceptors (Lipinski definition) is 25. The molecule has 1 aromatic heterocycles. The number of aliphatic imine (C=N–C) groups is 1. The van der Waals surface area contributed by atoms with E-state index in [1.807, 2.05) is 36.5 Å². The molecule has 3 aromatic rings. The summed E-state index contributed by atoms with van der Waals surface area (Å²) in [7, 11) is -12.5. The van der Waals surface area contributed by atoms with E-state index in [0.29, 0.717) is 50.1 Å². The molecule has 676 valence electrons. The molecule has 5 heterocycles. The fraction of sp³-hybridized carbons (Fsp3) is 0.557. The number of anilines is 1. The first kappa shape index (κ1) is 98.3. The van der Waals surface area contributed by atoms with Crippen molar-refractivity contribution in [1.29, 1.82) is 0 Å². The highest BCUT2D eigenvalue weighted by Gasteiger charge is 2.46. The number of rotatable bonds is 42. The number of aryl methyl sites for hydroxylation is 2. The van der Waals surface area contributed by atoms with Crippen molar-refractivity contribution in [2.24, 2.45) is 10.9 Å². The molecule has 10 unspecified atom stereocenters. The lowest BCUT2D eigenvalue weighted by Crippen LogP contribution is -2.58. The highest BCUT2D eigenvalue weighted by molar-refractivity contribution is 8.76. The molecule has 4 saturated heterocycles. The van der Waals surface area contributed by atoms with E-state index in [2.05, 4.69) is 96.3 Å². The Morgan fingerprint density at radius 1 is 0.734 bits per heavy atom. The minimum Gasteiger partial charge on any atom is -0.481 e. The number of unbranched alkanes of at least 4 members (excludes halogenated alkanes) is 1. The topological polar surface area (TPSA) is 581 Å². The van der Waals surface area contributed by atoms with Gasteiger partial charge < -0.3 is 91.5 Å². The van der Waals surface area contributed by atoms with Crippen molar-refractivity contribution in [3.05, 3.63) is 115 Å². The van der Waals surface area contributed by atoms with Crippen LogP contribution in [-0.4, -0.2) is 254 Å². The molecule has 0 radical (unpaired) electrons. The minimum atomic E-state index is -5.77. The van der Waals surface area contributed by atoms with Crippen LogP contribution in [0.2, 0.25) is 0 Å². The molecule has 12 atom stereocenters. The van der Waals surface area contributed by atoms with E-state index in [0.717, 1.165) is 39.2 Å². The monoisotopic (exact) mass is 1830 g/mol. The number of carbonyl (C=O) groups excluding carboxylic acids is 9. The van der Waals surface area contributed by atoms with Gasteiger partial charge in [0.25, 0.3) is 5.91 Å². The molecule has 0 saturated carbocycles. The summed E-state index contributed by atoms with van der Waals surface area (Å²) in [6.45, 7) is 8.95. The van der Waals surface area contributed by atoms with Gasteiger partial charge in [-0.2, -0.15) is 13.6 Å². The summed E-state index contributed by atoms with van der Waals surface area (Å²) in [6, 6.07) is 3.89. The van der Waals surface area contributed by atoms with E-state index in [4.69, 9.17) is 25.2 Å². The van der Waals surface area contributed by atoms with E-state index < -0.39 is 151 Å². The van der Waals surface area contributed by atoms with Crippen molar-refractivity contribution in [3.8, 4) is 11.8 Å². The quantitative estimate of drug-likeness (QED) is 0.0163. The van der Waals surface area contributed by atoms with E-state index in [1.54, 1.807) is 16.8 Å². The maximum Gasteiger partial charge on any atom is 0.490 e. The average molecular weight is 1830 g/mol. The maximum absolute atomic E-state index is 14.9. The Kier molecular flexibility index (Phi) is 35.8. The Morgan fingerprint density at radius 3 is 2.02 bits per heavy atom. The maximum atomic E-state index is 14.9. The minimum absolute atomic E-state index is 0.00222. The fourth-order valence-corrected chi connectivity index (χ4v) is 21.0. The van der Waals surface area contributed by atoms with Crippen LogP contribution in [0, 0.1) is 24.7 Å². The first-order chi connectivity index (χ1) is 58.7. The van der Waals surface area contributed by atoms with Gasteiger partial charge in [-0.3, -0.25) is 66.8 Å². The number of amides is 9. The summed E-state index contributed by atoms with van der Waals surface area (Å²) in [5.74, 6) is -4.71. The van der Waals surface area contributed by atoms with Crippen molar-refractivity contribution < 1.29 is 124 Å². The van der Waals surface area contributed by atoms with E-state index in [9.17, 15) is 101 Å². The zero-order valence-corrected chi connectivity index (χ0v) is 73.5. The fourth-order valence-electron chi connectivity index (χ4n) is 16.0. The Morgan fingerprint density at radius 2 is 1.36 bits per heavy atom. The molecule has 2 aliphatic carbocycles. The zero-order chi connectivity index (χ0) is 90.5.